The van der Waals surface area contributed by atoms with Crippen LogP contribution in [0, 0.1) is 10.1 Å². The number of furan rings is 1. The van der Waals surface area contributed by atoms with Crippen molar-refractivity contribution in [2.45, 2.75) is 19.5 Å². The van der Waals surface area contributed by atoms with Crippen LogP contribution in [0.1, 0.15) is 24.3 Å². The highest BCUT2D eigenvalue weighted by Crippen LogP contribution is 2.23. The zero-order valence-electron chi connectivity index (χ0n) is 10.3. The number of hydrogen-bond donors (Lipinski definition) is 1. The van der Waals surface area contributed by atoms with E-state index in [1.807, 2.05) is 31.2 Å². The zero-order chi connectivity index (χ0) is 13.8. The van der Waals surface area contributed by atoms with Gasteiger partial charge in [0.1, 0.15) is 10.7 Å². The van der Waals surface area contributed by atoms with E-state index < -0.39 is 4.92 Å². The Morgan fingerprint density at radius 3 is 2.74 bits per heavy atom. The predicted octanol–water partition coefficient (Wildman–Crippen LogP) is 3.80. The molecule has 2 rings (SSSR count). The molecular formula is C13H13BrN2O3. The van der Waals surface area contributed by atoms with Crippen LogP contribution in [0.25, 0.3) is 0 Å². The summed E-state index contributed by atoms with van der Waals surface area (Å²) in [5.41, 5.74) is 1.13. The largest absolute Gasteiger partial charge is 0.433 e. The van der Waals surface area contributed by atoms with Crippen LogP contribution in [0.15, 0.2) is 45.3 Å². The van der Waals surface area contributed by atoms with Gasteiger partial charge in [-0.2, -0.15) is 0 Å². The van der Waals surface area contributed by atoms with E-state index >= 15 is 0 Å². The number of nitrogens with zero attached hydrogens (tertiary/aromatic N) is 1. The molecule has 0 spiro atoms. The van der Waals surface area contributed by atoms with E-state index in [2.05, 4.69) is 21.2 Å². The minimum Gasteiger partial charge on any atom is -0.404 e. The lowest BCUT2D eigenvalue weighted by atomic mass is 10.1. The topological polar surface area (TPSA) is 68.3 Å². The molecule has 0 amide bonds. The normalized spacial score (nSPS) is 12.3. The first-order valence-corrected chi connectivity index (χ1v) is 6.58. The van der Waals surface area contributed by atoms with Crippen LogP contribution in [0.3, 0.4) is 0 Å². The smallest absolute Gasteiger partial charge is 0.404 e. The highest BCUT2D eigenvalue weighted by Gasteiger charge is 2.13. The molecule has 0 fully saturated rings. The maximum absolute atomic E-state index is 10.5. The van der Waals surface area contributed by atoms with E-state index in [1.54, 1.807) is 6.07 Å². The maximum Gasteiger partial charge on any atom is 0.433 e. The van der Waals surface area contributed by atoms with E-state index in [0.29, 0.717) is 12.3 Å². The van der Waals surface area contributed by atoms with Crippen LogP contribution >= 0.6 is 15.9 Å². The zero-order valence-corrected chi connectivity index (χ0v) is 11.9. The lowest BCUT2D eigenvalue weighted by Crippen LogP contribution is -2.18. The monoisotopic (exact) mass is 324 g/mol. The van der Waals surface area contributed by atoms with Gasteiger partial charge in [-0.3, -0.25) is 10.1 Å². The van der Waals surface area contributed by atoms with Gasteiger partial charge in [-0.1, -0.05) is 34.1 Å². The van der Waals surface area contributed by atoms with E-state index in [-0.39, 0.29) is 11.9 Å². The standard InChI is InChI=1S/C13H13BrN2O3/c1-9(11-4-2-3-5-12(11)14)15-8-10-6-7-13(19-10)16(17)18/h2-7,9,15H,8H2,1H3/t9-/m0/s1. The molecule has 0 aliphatic rings. The Hall–Kier alpha value is -1.66. The van der Waals surface area contributed by atoms with Crippen LogP contribution in [-0.4, -0.2) is 4.92 Å². The molecule has 1 atom stereocenters. The highest BCUT2D eigenvalue weighted by molar-refractivity contribution is 9.10. The summed E-state index contributed by atoms with van der Waals surface area (Å²) in [4.78, 5) is 9.96. The third-order valence-corrected chi connectivity index (χ3v) is 3.50. The molecule has 100 valence electrons. The van der Waals surface area contributed by atoms with Gasteiger partial charge in [0.2, 0.25) is 0 Å². The molecule has 1 aromatic heterocycles. The Bertz CT molecular complexity index is 583. The van der Waals surface area contributed by atoms with E-state index in [0.717, 1.165) is 10.0 Å². The van der Waals surface area contributed by atoms with Gasteiger partial charge in [0.05, 0.1) is 12.6 Å². The summed E-state index contributed by atoms with van der Waals surface area (Å²) in [6.07, 6.45) is 0. The van der Waals surface area contributed by atoms with Crippen LogP contribution in [0.2, 0.25) is 0 Å². The second-order valence-electron chi connectivity index (χ2n) is 4.12. The second-order valence-corrected chi connectivity index (χ2v) is 4.98. The minimum absolute atomic E-state index is 0.111. The molecule has 0 saturated carbocycles. The maximum atomic E-state index is 10.5. The van der Waals surface area contributed by atoms with Crippen molar-refractivity contribution >= 4 is 21.8 Å². The molecule has 0 aliphatic carbocycles. The van der Waals surface area contributed by atoms with E-state index in [9.17, 15) is 10.1 Å². The van der Waals surface area contributed by atoms with E-state index in [1.165, 1.54) is 6.07 Å². The number of benzene rings is 1. The molecule has 6 heteroatoms. The third-order valence-electron chi connectivity index (χ3n) is 2.78. The fourth-order valence-electron chi connectivity index (χ4n) is 1.75. The molecule has 19 heavy (non-hydrogen) atoms. The molecule has 0 aliphatic heterocycles. The van der Waals surface area contributed by atoms with Crippen molar-refractivity contribution in [3.05, 3.63) is 62.3 Å². The molecule has 1 aromatic carbocycles. The van der Waals surface area contributed by atoms with Gasteiger partial charge >= 0.3 is 5.88 Å². The van der Waals surface area contributed by atoms with Crippen molar-refractivity contribution in [1.82, 2.24) is 5.32 Å². The average Bonchev–Trinajstić information content (AvgIpc) is 2.85. The summed E-state index contributed by atoms with van der Waals surface area (Å²) >= 11 is 3.49. The Kier molecular flexibility index (Phi) is 4.34. The summed E-state index contributed by atoms with van der Waals surface area (Å²) in [5.74, 6) is 0.316. The Morgan fingerprint density at radius 2 is 2.11 bits per heavy atom. The molecule has 0 unspecified atom stereocenters. The molecular weight excluding hydrogens is 312 g/mol. The first-order valence-electron chi connectivity index (χ1n) is 5.79. The Balaban J connectivity index is 1.98. The van der Waals surface area contributed by atoms with Gasteiger partial charge < -0.3 is 9.73 Å². The molecule has 0 bridgehead atoms. The highest BCUT2D eigenvalue weighted by atomic mass is 79.9. The fourth-order valence-corrected chi connectivity index (χ4v) is 2.38. The lowest BCUT2D eigenvalue weighted by molar-refractivity contribution is -0.402. The second kappa shape index (κ2) is 5.99. The van der Waals surface area contributed by atoms with Gasteiger partial charge in [-0.25, -0.2) is 0 Å². The van der Waals surface area contributed by atoms with Crippen LogP contribution in [0.4, 0.5) is 5.88 Å². The van der Waals surface area contributed by atoms with Crippen molar-refractivity contribution in [1.29, 1.82) is 0 Å². The van der Waals surface area contributed by atoms with Crippen molar-refractivity contribution in [2.75, 3.05) is 0 Å². The number of nitro groups is 1. The fraction of sp³-hybridized carbons (Fsp3) is 0.231. The summed E-state index contributed by atoms with van der Waals surface area (Å²) in [7, 11) is 0. The lowest BCUT2D eigenvalue weighted by Gasteiger charge is -2.14. The van der Waals surface area contributed by atoms with Crippen molar-refractivity contribution < 1.29 is 9.34 Å². The Morgan fingerprint density at radius 1 is 1.37 bits per heavy atom. The number of rotatable bonds is 5. The van der Waals surface area contributed by atoms with Crippen LogP contribution in [0.5, 0.6) is 0 Å². The average molecular weight is 325 g/mol. The van der Waals surface area contributed by atoms with Gasteiger partial charge in [0.25, 0.3) is 0 Å². The van der Waals surface area contributed by atoms with Crippen LogP contribution in [-0.2, 0) is 6.54 Å². The summed E-state index contributed by atoms with van der Waals surface area (Å²) in [6, 6.07) is 11.0. The molecule has 1 heterocycles. The third kappa shape index (κ3) is 3.42. The molecule has 0 saturated heterocycles. The van der Waals surface area contributed by atoms with Crippen molar-refractivity contribution in [3.8, 4) is 0 Å². The first kappa shape index (κ1) is 13.8. The Labute approximate surface area is 118 Å². The predicted molar refractivity (Wildman–Crippen MR) is 74.8 cm³/mol. The van der Waals surface area contributed by atoms with Gasteiger partial charge in [0.15, 0.2) is 0 Å². The quantitative estimate of drug-likeness (QED) is 0.670. The van der Waals surface area contributed by atoms with Gasteiger partial charge in [-0.05, 0) is 24.6 Å². The molecule has 5 nitrogen and oxygen atoms in total. The summed E-state index contributed by atoms with van der Waals surface area (Å²) in [6.45, 7) is 2.47. The van der Waals surface area contributed by atoms with Crippen molar-refractivity contribution in [3.63, 3.8) is 0 Å². The summed E-state index contributed by atoms with van der Waals surface area (Å²) < 4.78 is 6.12. The number of halogens is 1. The number of hydrogen-bond acceptors (Lipinski definition) is 4. The van der Waals surface area contributed by atoms with Crippen molar-refractivity contribution in [2.24, 2.45) is 0 Å². The molecule has 2 aromatic rings. The SMILES string of the molecule is C[C@H](NCc1ccc([N+](=O)[O-])o1)c1ccccc1Br. The van der Waals surface area contributed by atoms with Gasteiger partial charge in [-0.15, -0.1) is 0 Å². The van der Waals surface area contributed by atoms with E-state index in [4.69, 9.17) is 4.42 Å². The minimum atomic E-state index is -0.541. The van der Waals surface area contributed by atoms with Crippen LogP contribution < -0.4 is 5.32 Å². The number of nitrogens with one attached hydrogen (secondary N) is 1. The first-order chi connectivity index (χ1) is 9.08. The molecule has 1 N–H and O–H groups in total. The summed E-state index contributed by atoms with van der Waals surface area (Å²) in [5, 5.41) is 13.8. The molecule has 0 radical (unpaired) electrons. The van der Waals surface area contributed by atoms with Gasteiger partial charge in [0, 0.05) is 10.5 Å².